The summed E-state index contributed by atoms with van der Waals surface area (Å²) in [6.07, 6.45) is 2.62. The molecule has 0 unspecified atom stereocenters. The van der Waals surface area contributed by atoms with E-state index in [4.69, 9.17) is 4.42 Å². The summed E-state index contributed by atoms with van der Waals surface area (Å²) in [7, 11) is 2.11. The highest BCUT2D eigenvalue weighted by atomic mass is 16.3. The molecule has 1 heterocycles. The molecule has 1 saturated carbocycles. The molecule has 0 atom stereocenters. The van der Waals surface area contributed by atoms with Crippen molar-refractivity contribution in [2.24, 2.45) is 0 Å². The largest absolute Gasteiger partial charge is 0.463 e. The van der Waals surface area contributed by atoms with Crippen LogP contribution in [-0.2, 0) is 13.1 Å². The highest BCUT2D eigenvalue weighted by molar-refractivity contribution is 5.50. The molecule has 112 valence electrons. The molecule has 0 saturated heterocycles. The first-order chi connectivity index (χ1) is 10.1. The fourth-order valence-electron chi connectivity index (χ4n) is 2.63. The van der Waals surface area contributed by atoms with Gasteiger partial charge in [0, 0.05) is 18.8 Å². The third kappa shape index (κ3) is 3.88. The lowest BCUT2D eigenvalue weighted by Gasteiger charge is -2.19. The van der Waals surface area contributed by atoms with E-state index >= 15 is 0 Å². The van der Waals surface area contributed by atoms with Gasteiger partial charge in [0.15, 0.2) is 0 Å². The minimum absolute atomic E-state index is 0.719. The molecule has 3 nitrogen and oxygen atoms in total. The molecule has 3 heteroatoms. The van der Waals surface area contributed by atoms with Gasteiger partial charge in [0.25, 0.3) is 0 Å². The molecule has 1 aliphatic carbocycles. The quantitative estimate of drug-likeness (QED) is 0.875. The smallest absolute Gasteiger partial charge is 0.123 e. The molecule has 21 heavy (non-hydrogen) atoms. The van der Waals surface area contributed by atoms with E-state index in [1.165, 1.54) is 29.7 Å². The number of aryl methyl sites for hydroxylation is 2. The minimum Gasteiger partial charge on any atom is -0.463 e. The predicted molar refractivity (Wildman–Crippen MR) is 86.6 cm³/mol. The lowest BCUT2D eigenvalue weighted by atomic mass is 10.1. The summed E-state index contributed by atoms with van der Waals surface area (Å²) in [6.45, 7) is 5.92. The fraction of sp³-hybridized carbons (Fsp3) is 0.444. The number of furan rings is 1. The summed E-state index contributed by atoms with van der Waals surface area (Å²) in [5.41, 5.74) is 3.83. The maximum Gasteiger partial charge on any atom is 0.123 e. The molecule has 1 aromatic carbocycles. The van der Waals surface area contributed by atoms with Gasteiger partial charge in [0.05, 0.1) is 13.1 Å². The van der Waals surface area contributed by atoms with Crippen LogP contribution < -0.4 is 10.2 Å². The summed E-state index contributed by atoms with van der Waals surface area (Å²) in [5, 5.41) is 3.48. The lowest BCUT2D eigenvalue weighted by Crippen LogP contribution is -2.16. The first-order valence-electron chi connectivity index (χ1n) is 7.70. The highest BCUT2D eigenvalue weighted by Gasteiger charge is 2.20. The van der Waals surface area contributed by atoms with E-state index < -0.39 is 0 Å². The summed E-state index contributed by atoms with van der Waals surface area (Å²) in [5.74, 6) is 2.05. The first kappa shape index (κ1) is 14.2. The third-order valence-corrected chi connectivity index (χ3v) is 3.90. The second-order valence-corrected chi connectivity index (χ2v) is 6.23. The van der Waals surface area contributed by atoms with Gasteiger partial charge in [0.1, 0.15) is 11.5 Å². The van der Waals surface area contributed by atoms with Crippen molar-refractivity contribution in [2.45, 2.75) is 45.8 Å². The van der Waals surface area contributed by atoms with Crippen LogP contribution in [-0.4, -0.2) is 13.1 Å². The van der Waals surface area contributed by atoms with Crippen molar-refractivity contribution in [2.75, 3.05) is 11.9 Å². The number of benzene rings is 1. The Labute approximate surface area is 127 Å². The van der Waals surface area contributed by atoms with E-state index in [2.05, 4.69) is 61.4 Å². The van der Waals surface area contributed by atoms with Crippen LogP contribution in [0.3, 0.4) is 0 Å². The van der Waals surface area contributed by atoms with Crippen LogP contribution in [0.1, 0.15) is 35.5 Å². The fourth-order valence-corrected chi connectivity index (χ4v) is 2.63. The number of hydrogen-bond acceptors (Lipinski definition) is 3. The molecule has 0 radical (unpaired) electrons. The van der Waals surface area contributed by atoms with Gasteiger partial charge in [-0.15, -0.1) is 0 Å². The zero-order valence-electron chi connectivity index (χ0n) is 13.1. The molecular weight excluding hydrogens is 260 g/mol. The van der Waals surface area contributed by atoms with Gasteiger partial charge in [-0.3, -0.25) is 0 Å². The highest BCUT2D eigenvalue weighted by Crippen LogP contribution is 2.22. The molecule has 1 N–H and O–H groups in total. The van der Waals surface area contributed by atoms with Crippen LogP contribution in [0.25, 0.3) is 0 Å². The maximum atomic E-state index is 5.91. The first-order valence-corrected chi connectivity index (χ1v) is 7.70. The van der Waals surface area contributed by atoms with Crippen molar-refractivity contribution in [3.8, 4) is 0 Å². The SMILES string of the molecule is Cc1cc(C)cc(N(C)Cc2ccc(CNC3CC3)o2)c1. The lowest BCUT2D eigenvalue weighted by molar-refractivity contribution is 0.445. The van der Waals surface area contributed by atoms with Crippen LogP contribution in [0, 0.1) is 13.8 Å². The molecule has 0 spiro atoms. The van der Waals surface area contributed by atoms with E-state index in [1.54, 1.807) is 0 Å². The zero-order chi connectivity index (χ0) is 14.8. The summed E-state index contributed by atoms with van der Waals surface area (Å²) in [6, 6.07) is 11.5. The van der Waals surface area contributed by atoms with E-state index in [1.807, 2.05) is 0 Å². The Hall–Kier alpha value is -1.74. The number of anilines is 1. The van der Waals surface area contributed by atoms with Gasteiger partial charge in [-0.2, -0.15) is 0 Å². The summed E-state index contributed by atoms with van der Waals surface area (Å²) in [4.78, 5) is 2.23. The van der Waals surface area contributed by atoms with E-state index in [9.17, 15) is 0 Å². The second kappa shape index (κ2) is 5.94. The average Bonchev–Trinajstić information content (AvgIpc) is 3.15. The minimum atomic E-state index is 0.719. The number of rotatable bonds is 6. The van der Waals surface area contributed by atoms with Gasteiger partial charge in [0.2, 0.25) is 0 Å². The number of nitrogens with zero attached hydrogens (tertiary/aromatic N) is 1. The van der Waals surface area contributed by atoms with Crippen LogP contribution in [0.2, 0.25) is 0 Å². The van der Waals surface area contributed by atoms with Crippen molar-refractivity contribution in [3.63, 3.8) is 0 Å². The Bertz CT molecular complexity index is 593. The van der Waals surface area contributed by atoms with Gasteiger partial charge in [-0.1, -0.05) is 6.07 Å². The van der Waals surface area contributed by atoms with Gasteiger partial charge in [-0.25, -0.2) is 0 Å². The molecule has 0 bridgehead atoms. The molecule has 1 aliphatic rings. The molecule has 1 fully saturated rings. The topological polar surface area (TPSA) is 28.4 Å². The number of nitrogens with one attached hydrogen (secondary N) is 1. The van der Waals surface area contributed by atoms with E-state index in [-0.39, 0.29) is 0 Å². The van der Waals surface area contributed by atoms with Gasteiger partial charge >= 0.3 is 0 Å². The Morgan fingerprint density at radius 3 is 2.43 bits per heavy atom. The van der Waals surface area contributed by atoms with Crippen LogP contribution in [0.5, 0.6) is 0 Å². The number of hydrogen-bond donors (Lipinski definition) is 1. The van der Waals surface area contributed by atoms with Crippen LogP contribution in [0.15, 0.2) is 34.7 Å². The Kier molecular flexibility index (Phi) is 4.02. The van der Waals surface area contributed by atoms with Crippen molar-refractivity contribution in [1.29, 1.82) is 0 Å². The standard InChI is InChI=1S/C18H24N2O/c1-13-8-14(2)10-16(9-13)20(3)12-18-7-6-17(21-18)11-19-15-4-5-15/h6-10,15,19H,4-5,11-12H2,1-3H3. The normalized spacial score (nSPS) is 14.4. The summed E-state index contributed by atoms with van der Waals surface area (Å²) >= 11 is 0. The Balaban J connectivity index is 1.61. The van der Waals surface area contributed by atoms with Gasteiger partial charge < -0.3 is 14.6 Å². The second-order valence-electron chi connectivity index (χ2n) is 6.23. The molecular formula is C18H24N2O. The molecule has 1 aromatic heterocycles. The van der Waals surface area contributed by atoms with Crippen molar-refractivity contribution < 1.29 is 4.42 Å². The van der Waals surface area contributed by atoms with Crippen LogP contribution in [0.4, 0.5) is 5.69 Å². The van der Waals surface area contributed by atoms with Crippen molar-refractivity contribution in [1.82, 2.24) is 5.32 Å². The molecule has 3 rings (SSSR count). The molecule has 0 amide bonds. The van der Waals surface area contributed by atoms with Crippen LogP contribution >= 0.6 is 0 Å². The van der Waals surface area contributed by atoms with E-state index in [0.717, 1.165) is 30.7 Å². The third-order valence-electron chi connectivity index (χ3n) is 3.90. The van der Waals surface area contributed by atoms with Gasteiger partial charge in [-0.05, 0) is 62.1 Å². The molecule has 0 aliphatic heterocycles. The monoisotopic (exact) mass is 284 g/mol. The zero-order valence-corrected chi connectivity index (χ0v) is 13.1. The Morgan fingerprint density at radius 1 is 1.10 bits per heavy atom. The summed E-state index contributed by atoms with van der Waals surface area (Å²) < 4.78 is 5.91. The van der Waals surface area contributed by atoms with Crippen molar-refractivity contribution >= 4 is 5.69 Å². The average molecular weight is 284 g/mol. The van der Waals surface area contributed by atoms with E-state index in [0.29, 0.717) is 0 Å². The predicted octanol–water partition coefficient (Wildman–Crippen LogP) is 3.78. The Morgan fingerprint density at radius 2 is 1.76 bits per heavy atom. The van der Waals surface area contributed by atoms with Crippen molar-refractivity contribution in [3.05, 3.63) is 53.0 Å². The maximum absolute atomic E-state index is 5.91. The molecule has 2 aromatic rings.